The Morgan fingerprint density at radius 2 is 0.857 bits per heavy atom. The summed E-state index contributed by atoms with van der Waals surface area (Å²) in [4.78, 5) is 0. The van der Waals surface area contributed by atoms with Gasteiger partial charge in [-0.1, -0.05) is 136 Å². The van der Waals surface area contributed by atoms with Crippen LogP contribution in [0, 0.1) is 13.8 Å². The molecule has 0 N–H and O–H groups in total. The number of rotatable bonds is 6. The fourth-order valence-corrected chi connectivity index (χ4v) is 13.0. The summed E-state index contributed by atoms with van der Waals surface area (Å²) in [6.07, 6.45) is 0. The second kappa shape index (κ2) is 13.6. The van der Waals surface area contributed by atoms with Crippen LogP contribution in [0.5, 0.6) is 0 Å². The van der Waals surface area contributed by atoms with Gasteiger partial charge in [-0.15, -0.1) is 79.4 Å². The van der Waals surface area contributed by atoms with Crippen molar-refractivity contribution in [3.05, 3.63) is 131 Å². The van der Waals surface area contributed by atoms with Gasteiger partial charge in [-0.25, -0.2) is 0 Å². The molecule has 0 amide bonds. The number of halogens is 2. The molecule has 6 aromatic rings. The molecule has 42 heavy (non-hydrogen) atoms. The molecule has 0 spiro atoms. The average molecular weight is 685 g/mol. The summed E-state index contributed by atoms with van der Waals surface area (Å²) in [6, 6.07) is 41.7. The molecule has 212 valence electrons. The zero-order valence-electron chi connectivity index (χ0n) is 25.3. The van der Waals surface area contributed by atoms with Crippen molar-refractivity contribution in [1.29, 1.82) is 0 Å². The summed E-state index contributed by atoms with van der Waals surface area (Å²) in [6.45, 7) is 14.1. The molecular formula is C38H38Cl2SiZr. The van der Waals surface area contributed by atoms with Crippen LogP contribution in [0.1, 0.15) is 61.8 Å². The molecule has 6 aromatic carbocycles. The van der Waals surface area contributed by atoms with Crippen LogP contribution in [-0.4, -0.2) is 8.07 Å². The summed E-state index contributed by atoms with van der Waals surface area (Å²) in [7, 11) is -2.77. The molecule has 0 saturated carbocycles. The van der Waals surface area contributed by atoms with Crippen molar-refractivity contribution in [2.75, 3.05) is 0 Å². The van der Waals surface area contributed by atoms with E-state index < -0.39 is 8.07 Å². The smallest absolute Gasteiger partial charge is 1.00 e. The van der Waals surface area contributed by atoms with E-state index in [1.54, 1.807) is 10.4 Å². The molecule has 0 aliphatic carbocycles. The molecule has 0 radical (unpaired) electrons. The number of aryl methyl sites for hydroxylation is 2. The van der Waals surface area contributed by atoms with Crippen LogP contribution in [0.25, 0.3) is 21.5 Å². The van der Waals surface area contributed by atoms with Gasteiger partial charge in [0.2, 0.25) is 0 Å². The monoisotopic (exact) mass is 682 g/mol. The molecule has 0 aliphatic heterocycles. The molecule has 6 rings (SSSR count). The number of fused-ring (bicyclic) bond motifs is 2. The van der Waals surface area contributed by atoms with E-state index in [0.29, 0.717) is 11.8 Å². The average Bonchev–Trinajstić information content (AvgIpc) is 3.46. The second-order valence-electron chi connectivity index (χ2n) is 11.8. The van der Waals surface area contributed by atoms with Gasteiger partial charge in [0.1, 0.15) is 0 Å². The minimum Gasteiger partial charge on any atom is -1.00 e. The van der Waals surface area contributed by atoms with Crippen LogP contribution in [0.15, 0.2) is 109 Å². The predicted octanol–water partition coefficient (Wildman–Crippen LogP) is 1.68. The molecule has 0 nitrogen and oxygen atoms in total. The van der Waals surface area contributed by atoms with Crippen molar-refractivity contribution < 1.29 is 51.0 Å². The van der Waals surface area contributed by atoms with Crippen LogP contribution >= 0.6 is 0 Å². The van der Waals surface area contributed by atoms with Gasteiger partial charge in [0, 0.05) is 0 Å². The van der Waals surface area contributed by atoms with Crippen LogP contribution in [0.4, 0.5) is 0 Å². The molecule has 0 aliphatic rings. The van der Waals surface area contributed by atoms with Crippen LogP contribution in [-0.2, 0) is 26.2 Å². The van der Waals surface area contributed by atoms with Crippen LogP contribution < -0.4 is 45.6 Å². The Labute approximate surface area is 284 Å². The molecule has 0 aromatic heterocycles. The van der Waals surface area contributed by atoms with Gasteiger partial charge in [0.25, 0.3) is 0 Å². The first-order chi connectivity index (χ1) is 18.9. The van der Waals surface area contributed by atoms with Gasteiger partial charge >= 0.3 is 26.2 Å². The zero-order chi connectivity index (χ0) is 27.3. The Bertz CT molecular complexity index is 1650. The fraction of sp³-hybridized carbons (Fsp3) is 0.211. The first kappa shape index (κ1) is 34.3. The zero-order valence-corrected chi connectivity index (χ0v) is 30.3. The van der Waals surface area contributed by atoms with E-state index in [0.717, 1.165) is 0 Å². The third-order valence-electron chi connectivity index (χ3n) is 8.70. The van der Waals surface area contributed by atoms with E-state index in [1.807, 2.05) is 0 Å². The van der Waals surface area contributed by atoms with Gasteiger partial charge in [0.05, 0.1) is 8.07 Å². The maximum atomic E-state index is 2.45. The van der Waals surface area contributed by atoms with Crippen LogP contribution in [0.2, 0.25) is 0 Å². The van der Waals surface area contributed by atoms with Crippen molar-refractivity contribution >= 4 is 50.4 Å². The summed E-state index contributed by atoms with van der Waals surface area (Å²) >= 11 is 0. The second-order valence-corrected chi connectivity index (χ2v) is 15.5. The largest absolute Gasteiger partial charge is 4.00 e. The Morgan fingerprint density at radius 3 is 1.19 bits per heavy atom. The third-order valence-corrected chi connectivity index (χ3v) is 13.9. The molecule has 0 atom stereocenters. The van der Waals surface area contributed by atoms with E-state index >= 15 is 0 Å². The minimum absolute atomic E-state index is 0. The summed E-state index contributed by atoms with van der Waals surface area (Å²) < 4.78 is 0. The molecule has 0 unspecified atom stereocenters. The van der Waals surface area contributed by atoms with E-state index in [9.17, 15) is 0 Å². The van der Waals surface area contributed by atoms with Crippen molar-refractivity contribution in [3.8, 4) is 0 Å². The quantitative estimate of drug-likeness (QED) is 0.185. The van der Waals surface area contributed by atoms with Gasteiger partial charge < -0.3 is 24.8 Å². The third kappa shape index (κ3) is 5.35. The van der Waals surface area contributed by atoms with Crippen LogP contribution in [0.3, 0.4) is 0 Å². The van der Waals surface area contributed by atoms with Crippen molar-refractivity contribution in [1.82, 2.24) is 0 Å². The molecule has 0 fully saturated rings. The summed E-state index contributed by atoms with van der Waals surface area (Å²) in [5.74, 6) is 0.882. The van der Waals surface area contributed by atoms with Crippen molar-refractivity contribution in [2.24, 2.45) is 0 Å². The van der Waals surface area contributed by atoms with E-state index in [4.69, 9.17) is 0 Å². The van der Waals surface area contributed by atoms with Gasteiger partial charge in [-0.05, 0) is 11.8 Å². The van der Waals surface area contributed by atoms with Crippen molar-refractivity contribution in [3.63, 3.8) is 0 Å². The topological polar surface area (TPSA) is 0 Å². The molecular weight excluding hydrogens is 647 g/mol. The SMILES string of the molecule is Cc1[cH-]c2cccc(C(C)C)c2c1[Si](c1ccccc1)(c1ccccc1)c1c(C)[cH-]c2cccc(C(C)C)c12.[Cl-].[Cl-].[Zr+4]. The molecule has 0 bridgehead atoms. The van der Waals surface area contributed by atoms with Gasteiger partial charge in [0.15, 0.2) is 0 Å². The van der Waals surface area contributed by atoms with E-state index in [-0.39, 0.29) is 51.0 Å². The molecule has 0 heterocycles. The van der Waals surface area contributed by atoms with E-state index in [2.05, 4.69) is 151 Å². The van der Waals surface area contributed by atoms with E-state index in [1.165, 1.54) is 54.2 Å². The van der Waals surface area contributed by atoms with Gasteiger partial charge in [-0.2, -0.15) is 0 Å². The Morgan fingerprint density at radius 1 is 0.500 bits per heavy atom. The summed E-state index contributed by atoms with van der Waals surface area (Å²) in [5, 5.41) is 11.7. The number of benzene rings is 4. The molecule has 0 saturated heterocycles. The van der Waals surface area contributed by atoms with Crippen molar-refractivity contribution in [2.45, 2.75) is 53.4 Å². The maximum Gasteiger partial charge on any atom is 4.00 e. The Kier molecular flexibility index (Phi) is 11.1. The first-order valence-electron chi connectivity index (χ1n) is 14.4. The standard InChI is InChI=1S/C38H38Si.2ClH.Zr/c1-25(2)33-21-13-15-29-23-27(5)37(35(29)33)39(31-17-9-7-10-18-31,32-19-11-8-12-20-32)38-28(6)24-30-16-14-22-34(26(3)4)36(30)38;;;/h7-26H,1-6H3;2*1H;/q-2;;;+4/p-2. The summed E-state index contributed by atoms with van der Waals surface area (Å²) in [5.41, 5.74) is 5.73. The predicted molar refractivity (Wildman–Crippen MR) is 174 cm³/mol. The normalized spacial score (nSPS) is 11.4. The number of hydrogen-bond donors (Lipinski definition) is 0. The number of hydrogen-bond acceptors (Lipinski definition) is 0. The molecule has 4 heteroatoms. The Hall–Kier alpha value is -2.22. The maximum absolute atomic E-state index is 2.77. The van der Waals surface area contributed by atoms with Gasteiger partial charge in [-0.3, -0.25) is 0 Å². The fourth-order valence-electron chi connectivity index (χ4n) is 7.17. The first-order valence-corrected chi connectivity index (χ1v) is 16.4. The Balaban J connectivity index is 0.00000161. The minimum atomic E-state index is -2.77.